The van der Waals surface area contributed by atoms with Crippen LogP contribution in [0, 0.1) is 5.92 Å². The number of carbonyl (C=O) groups is 1. The predicted octanol–water partition coefficient (Wildman–Crippen LogP) is 4.00. The van der Waals surface area contributed by atoms with Crippen LogP contribution in [0.25, 0.3) is 10.9 Å². The van der Waals surface area contributed by atoms with Crippen LogP contribution in [0.3, 0.4) is 0 Å². The van der Waals surface area contributed by atoms with Gasteiger partial charge in [0.25, 0.3) is 0 Å². The lowest BCUT2D eigenvalue weighted by Crippen LogP contribution is -2.51. The number of aromatic nitrogens is 3. The quantitative estimate of drug-likeness (QED) is 0.656. The maximum absolute atomic E-state index is 13.0. The van der Waals surface area contributed by atoms with E-state index in [1.807, 2.05) is 29.3 Å². The van der Waals surface area contributed by atoms with E-state index in [1.54, 1.807) is 0 Å². The van der Waals surface area contributed by atoms with Crippen molar-refractivity contribution >= 4 is 16.8 Å². The van der Waals surface area contributed by atoms with Gasteiger partial charge in [-0.15, -0.1) is 0 Å². The van der Waals surface area contributed by atoms with Crippen molar-refractivity contribution in [2.45, 2.75) is 62.9 Å². The van der Waals surface area contributed by atoms with E-state index in [0.29, 0.717) is 18.3 Å². The Morgan fingerprint density at radius 3 is 2.88 bits per heavy atom. The number of aromatic amines is 1. The van der Waals surface area contributed by atoms with Gasteiger partial charge in [-0.2, -0.15) is 4.98 Å². The number of rotatable bonds is 5. The van der Waals surface area contributed by atoms with Gasteiger partial charge in [-0.05, 0) is 56.1 Å². The number of carbonyl (C=O) groups excluding carboxylic acids is 1. The molecule has 1 N–H and O–H groups in total. The molecule has 3 fully saturated rings. The molecule has 0 bridgehead atoms. The summed E-state index contributed by atoms with van der Waals surface area (Å²) in [7, 11) is 0. The summed E-state index contributed by atoms with van der Waals surface area (Å²) < 4.78 is 11.8. The third kappa shape index (κ3) is 3.94. The molecule has 4 heterocycles. The summed E-state index contributed by atoms with van der Waals surface area (Å²) in [6, 6.07) is 8.15. The average molecular weight is 435 g/mol. The fourth-order valence-corrected chi connectivity index (χ4v) is 5.47. The normalized spacial score (nSPS) is 23.1. The van der Waals surface area contributed by atoms with Crippen LogP contribution in [0.2, 0.25) is 0 Å². The first-order valence-electron chi connectivity index (χ1n) is 12.0. The molecule has 6 rings (SSSR count). The first-order chi connectivity index (χ1) is 15.7. The molecule has 1 atom stereocenters. The maximum Gasteiger partial charge on any atom is 0.227 e. The number of hydrogen-bond acceptors (Lipinski definition) is 5. The van der Waals surface area contributed by atoms with Crippen LogP contribution in [-0.2, 0) is 22.4 Å². The van der Waals surface area contributed by atoms with Gasteiger partial charge in [-0.25, -0.2) is 0 Å². The van der Waals surface area contributed by atoms with Gasteiger partial charge >= 0.3 is 0 Å². The van der Waals surface area contributed by atoms with E-state index in [-0.39, 0.29) is 11.5 Å². The van der Waals surface area contributed by atoms with Crippen molar-refractivity contribution < 1.29 is 14.1 Å². The zero-order valence-corrected chi connectivity index (χ0v) is 18.4. The Morgan fingerprint density at radius 2 is 2.03 bits per heavy atom. The summed E-state index contributed by atoms with van der Waals surface area (Å²) in [5.41, 5.74) is 2.05. The SMILES string of the molecule is O=C(Cc1c[nH]c2ccccc12)N1CCC2(CC1)CC(Cc1nc(C3CC3)no1)CCO2. The Kier molecular flexibility index (Phi) is 5.01. The molecule has 7 nitrogen and oxygen atoms in total. The Morgan fingerprint density at radius 1 is 1.19 bits per heavy atom. The molecule has 1 aromatic carbocycles. The van der Waals surface area contributed by atoms with E-state index in [0.717, 1.165) is 80.0 Å². The van der Waals surface area contributed by atoms with Crippen molar-refractivity contribution in [3.63, 3.8) is 0 Å². The smallest absolute Gasteiger partial charge is 0.227 e. The number of piperidine rings is 1. The maximum atomic E-state index is 13.0. The van der Waals surface area contributed by atoms with E-state index in [4.69, 9.17) is 9.26 Å². The highest BCUT2D eigenvalue weighted by molar-refractivity contribution is 5.88. The summed E-state index contributed by atoms with van der Waals surface area (Å²) in [4.78, 5) is 22.9. The number of H-pyrrole nitrogens is 1. The Hall–Kier alpha value is -2.67. The van der Waals surface area contributed by atoms with Crippen molar-refractivity contribution in [1.82, 2.24) is 20.0 Å². The van der Waals surface area contributed by atoms with Crippen LogP contribution in [0.4, 0.5) is 0 Å². The second-order valence-corrected chi connectivity index (χ2v) is 9.83. The number of likely N-dealkylation sites (tertiary alicyclic amines) is 1. The lowest BCUT2D eigenvalue weighted by Gasteiger charge is -2.46. The number of para-hydroxylation sites is 1. The number of amides is 1. The molecule has 1 aliphatic carbocycles. The second-order valence-electron chi connectivity index (χ2n) is 9.83. The minimum absolute atomic E-state index is 0.111. The van der Waals surface area contributed by atoms with Gasteiger partial charge < -0.3 is 19.1 Å². The van der Waals surface area contributed by atoms with Gasteiger partial charge in [-0.1, -0.05) is 23.4 Å². The lowest BCUT2D eigenvalue weighted by molar-refractivity contribution is -0.146. The minimum atomic E-state index is -0.111. The zero-order chi connectivity index (χ0) is 21.5. The summed E-state index contributed by atoms with van der Waals surface area (Å²) >= 11 is 0. The van der Waals surface area contributed by atoms with Gasteiger partial charge in [0.05, 0.1) is 12.0 Å². The first kappa shape index (κ1) is 20.0. The highest BCUT2D eigenvalue weighted by atomic mass is 16.5. The Labute approximate surface area is 187 Å². The number of nitrogens with zero attached hydrogens (tertiary/aromatic N) is 3. The molecule has 1 amide bonds. The third-order valence-electron chi connectivity index (χ3n) is 7.53. The van der Waals surface area contributed by atoms with Gasteiger partial charge in [0.15, 0.2) is 5.82 Å². The first-order valence-corrected chi connectivity index (χ1v) is 12.0. The molecule has 2 aliphatic heterocycles. The summed E-state index contributed by atoms with van der Waals surface area (Å²) in [5.74, 6) is 2.91. The minimum Gasteiger partial charge on any atom is -0.375 e. The summed E-state index contributed by atoms with van der Waals surface area (Å²) in [5, 5.41) is 5.30. The van der Waals surface area contributed by atoms with Crippen molar-refractivity contribution in [3.05, 3.63) is 47.7 Å². The molecule has 32 heavy (non-hydrogen) atoms. The number of hydrogen-bond donors (Lipinski definition) is 1. The molecule has 1 saturated carbocycles. The molecule has 168 valence electrons. The van der Waals surface area contributed by atoms with Crippen LogP contribution in [0.15, 0.2) is 35.0 Å². The molecular formula is C25H30N4O3. The van der Waals surface area contributed by atoms with Crippen LogP contribution in [0.5, 0.6) is 0 Å². The summed E-state index contributed by atoms with van der Waals surface area (Å²) in [6.07, 6.45) is 9.49. The van der Waals surface area contributed by atoms with Crippen molar-refractivity contribution in [1.29, 1.82) is 0 Å². The fraction of sp³-hybridized carbons (Fsp3) is 0.560. The van der Waals surface area contributed by atoms with Crippen LogP contribution in [0.1, 0.15) is 61.7 Å². The predicted molar refractivity (Wildman–Crippen MR) is 119 cm³/mol. The van der Waals surface area contributed by atoms with E-state index in [1.165, 1.54) is 12.8 Å². The molecule has 2 aromatic heterocycles. The zero-order valence-electron chi connectivity index (χ0n) is 18.4. The summed E-state index contributed by atoms with van der Waals surface area (Å²) in [6.45, 7) is 2.30. The highest BCUT2D eigenvalue weighted by Gasteiger charge is 2.41. The van der Waals surface area contributed by atoms with Crippen molar-refractivity contribution in [2.24, 2.45) is 5.92 Å². The molecule has 3 aliphatic rings. The number of ether oxygens (including phenoxy) is 1. The number of benzene rings is 1. The molecule has 7 heteroatoms. The lowest BCUT2D eigenvalue weighted by atomic mass is 9.78. The average Bonchev–Trinajstić information content (AvgIpc) is 3.43. The van der Waals surface area contributed by atoms with E-state index >= 15 is 0 Å². The number of fused-ring (bicyclic) bond motifs is 1. The van der Waals surface area contributed by atoms with Crippen molar-refractivity contribution in [2.75, 3.05) is 19.7 Å². The monoisotopic (exact) mass is 434 g/mol. The molecule has 2 saturated heterocycles. The van der Waals surface area contributed by atoms with Gasteiger partial charge in [0.2, 0.25) is 11.8 Å². The molecule has 1 unspecified atom stereocenters. The van der Waals surface area contributed by atoms with Gasteiger partial charge in [-0.3, -0.25) is 4.79 Å². The molecule has 3 aromatic rings. The standard InChI is InChI=1S/C25H30N4O3/c30-23(14-19-16-26-21-4-2-1-3-20(19)21)29-10-8-25(9-11-29)15-17(7-12-31-25)13-22-27-24(28-32-22)18-5-6-18/h1-4,16-18,26H,5-15H2. The number of nitrogens with one attached hydrogen (secondary N) is 1. The molecule has 0 radical (unpaired) electrons. The topological polar surface area (TPSA) is 84.3 Å². The van der Waals surface area contributed by atoms with Crippen LogP contribution < -0.4 is 0 Å². The van der Waals surface area contributed by atoms with Crippen LogP contribution >= 0.6 is 0 Å². The fourth-order valence-electron chi connectivity index (χ4n) is 5.47. The highest BCUT2D eigenvalue weighted by Crippen LogP contribution is 2.40. The van der Waals surface area contributed by atoms with E-state index < -0.39 is 0 Å². The molecular weight excluding hydrogens is 404 g/mol. The Bertz CT molecular complexity index is 1110. The third-order valence-corrected chi connectivity index (χ3v) is 7.53. The largest absolute Gasteiger partial charge is 0.375 e. The Balaban J connectivity index is 1.05. The van der Waals surface area contributed by atoms with Gasteiger partial charge in [0.1, 0.15) is 0 Å². The van der Waals surface area contributed by atoms with Crippen LogP contribution in [-0.4, -0.2) is 51.2 Å². The van der Waals surface area contributed by atoms with E-state index in [9.17, 15) is 4.79 Å². The van der Waals surface area contributed by atoms with E-state index in [2.05, 4.69) is 21.2 Å². The molecule has 1 spiro atoms. The van der Waals surface area contributed by atoms with Crippen molar-refractivity contribution in [3.8, 4) is 0 Å². The second kappa shape index (κ2) is 8.03. The van der Waals surface area contributed by atoms with Gasteiger partial charge in [0, 0.05) is 49.1 Å².